The minimum Gasteiger partial charge on any atom is -0.299 e. The minimum absolute atomic E-state index is 0.165. The highest BCUT2D eigenvalue weighted by Gasteiger charge is 2.14. The van der Waals surface area contributed by atoms with Crippen LogP contribution in [0.1, 0.15) is 51.3 Å². The Hall–Kier alpha value is -0.990. The number of nitrogens with zero attached hydrogens (tertiary/aromatic N) is 1. The maximum atomic E-state index is 11.8. The molecule has 0 unspecified atom stereocenters. The van der Waals surface area contributed by atoms with Gasteiger partial charge in [-0.25, -0.2) is 0 Å². The highest BCUT2D eigenvalue weighted by Crippen LogP contribution is 2.15. The van der Waals surface area contributed by atoms with Gasteiger partial charge < -0.3 is 0 Å². The number of hydrogen-bond donors (Lipinski definition) is 1. The largest absolute Gasteiger partial charge is 0.299 e. The molecule has 3 nitrogen and oxygen atoms in total. The van der Waals surface area contributed by atoms with Crippen LogP contribution in [-0.4, -0.2) is 9.78 Å². The van der Waals surface area contributed by atoms with Crippen LogP contribution in [-0.2, 0) is 13.0 Å². The van der Waals surface area contributed by atoms with Gasteiger partial charge in [-0.2, -0.15) is 0 Å². The highest BCUT2D eigenvalue weighted by atomic mass is 16.1. The number of rotatable bonds is 4. The zero-order chi connectivity index (χ0) is 10.7. The molecule has 0 aliphatic heterocycles. The first-order valence-corrected chi connectivity index (χ1v) is 5.43. The maximum Gasteiger partial charge on any atom is 0.269 e. The lowest BCUT2D eigenvalue weighted by Crippen LogP contribution is -2.17. The summed E-state index contributed by atoms with van der Waals surface area (Å²) in [5.41, 5.74) is 2.25. The quantitative estimate of drug-likeness (QED) is 0.788. The molecule has 0 aromatic carbocycles. The van der Waals surface area contributed by atoms with Crippen LogP contribution in [0.25, 0.3) is 0 Å². The molecule has 0 aliphatic rings. The number of hydrogen-bond acceptors (Lipinski definition) is 1. The van der Waals surface area contributed by atoms with E-state index >= 15 is 0 Å². The van der Waals surface area contributed by atoms with Crippen molar-refractivity contribution in [1.82, 2.24) is 9.78 Å². The molecule has 0 fully saturated rings. The summed E-state index contributed by atoms with van der Waals surface area (Å²) < 4.78 is 1.69. The predicted molar refractivity (Wildman–Crippen MR) is 58.8 cm³/mol. The molecular weight excluding hydrogens is 176 g/mol. The van der Waals surface area contributed by atoms with Crippen molar-refractivity contribution < 1.29 is 0 Å². The van der Waals surface area contributed by atoms with E-state index in [1.165, 1.54) is 0 Å². The van der Waals surface area contributed by atoms with E-state index < -0.39 is 0 Å². The van der Waals surface area contributed by atoms with Crippen molar-refractivity contribution in [2.45, 2.75) is 53.0 Å². The molecule has 3 heteroatoms. The van der Waals surface area contributed by atoms with Gasteiger partial charge in [-0.05, 0) is 19.3 Å². The second-order valence-corrected chi connectivity index (χ2v) is 3.96. The molecule has 1 aromatic rings. The van der Waals surface area contributed by atoms with Gasteiger partial charge in [0.1, 0.15) is 0 Å². The van der Waals surface area contributed by atoms with E-state index in [4.69, 9.17) is 0 Å². The lowest BCUT2D eigenvalue weighted by atomic mass is 10.0. The zero-order valence-electron chi connectivity index (χ0n) is 9.55. The highest BCUT2D eigenvalue weighted by molar-refractivity contribution is 5.20. The Morgan fingerprint density at radius 3 is 2.43 bits per heavy atom. The summed E-state index contributed by atoms with van der Waals surface area (Å²) in [5.74, 6) is 0.400. The second-order valence-electron chi connectivity index (χ2n) is 3.96. The number of aromatic amines is 1. The first kappa shape index (κ1) is 11.1. The molecular formula is C11H20N2O. The molecule has 0 amide bonds. The van der Waals surface area contributed by atoms with Gasteiger partial charge in [0.05, 0.1) is 0 Å². The fourth-order valence-electron chi connectivity index (χ4n) is 1.73. The van der Waals surface area contributed by atoms with Crippen LogP contribution in [0.5, 0.6) is 0 Å². The van der Waals surface area contributed by atoms with Crippen LogP contribution >= 0.6 is 0 Å². The minimum atomic E-state index is 0.165. The smallest absolute Gasteiger partial charge is 0.269 e. The van der Waals surface area contributed by atoms with Gasteiger partial charge in [0.25, 0.3) is 5.56 Å². The van der Waals surface area contributed by atoms with Gasteiger partial charge in [-0.15, -0.1) is 0 Å². The molecule has 0 bridgehead atoms. The van der Waals surface area contributed by atoms with Crippen LogP contribution in [0.4, 0.5) is 0 Å². The molecule has 14 heavy (non-hydrogen) atoms. The van der Waals surface area contributed by atoms with Gasteiger partial charge in [0.2, 0.25) is 0 Å². The third-order valence-electron chi connectivity index (χ3n) is 2.48. The third kappa shape index (κ3) is 1.91. The molecule has 1 rings (SSSR count). The third-order valence-corrected chi connectivity index (χ3v) is 2.48. The van der Waals surface area contributed by atoms with Crippen molar-refractivity contribution in [3.63, 3.8) is 0 Å². The second kappa shape index (κ2) is 4.49. The monoisotopic (exact) mass is 196 g/mol. The normalized spacial score (nSPS) is 11.2. The lowest BCUT2D eigenvalue weighted by Gasteiger charge is -2.03. The Kier molecular flexibility index (Phi) is 3.55. The van der Waals surface area contributed by atoms with Crippen molar-refractivity contribution in [3.8, 4) is 0 Å². The predicted octanol–water partition coefficient (Wildman–Crippen LogP) is 2.27. The van der Waals surface area contributed by atoms with E-state index in [1.54, 1.807) is 4.68 Å². The molecule has 1 heterocycles. The van der Waals surface area contributed by atoms with Crippen molar-refractivity contribution >= 4 is 0 Å². The first-order valence-electron chi connectivity index (χ1n) is 5.43. The molecule has 80 valence electrons. The van der Waals surface area contributed by atoms with E-state index in [2.05, 4.69) is 25.9 Å². The number of nitrogens with one attached hydrogen (secondary N) is 1. The van der Waals surface area contributed by atoms with E-state index in [-0.39, 0.29) is 5.56 Å². The Bertz CT molecular complexity index is 347. The van der Waals surface area contributed by atoms with Crippen LogP contribution in [0.15, 0.2) is 4.79 Å². The van der Waals surface area contributed by atoms with Crippen LogP contribution < -0.4 is 5.56 Å². The van der Waals surface area contributed by atoms with E-state index in [0.717, 1.165) is 30.6 Å². The Morgan fingerprint density at radius 1 is 1.36 bits per heavy atom. The molecule has 0 aliphatic carbocycles. The molecule has 1 N–H and O–H groups in total. The number of H-pyrrole nitrogens is 1. The zero-order valence-corrected chi connectivity index (χ0v) is 9.55. The molecule has 0 atom stereocenters. The molecule has 0 saturated heterocycles. The summed E-state index contributed by atoms with van der Waals surface area (Å²) >= 11 is 0. The van der Waals surface area contributed by atoms with Crippen LogP contribution in [0.2, 0.25) is 0 Å². The summed E-state index contributed by atoms with van der Waals surface area (Å²) in [6.45, 7) is 9.04. The van der Waals surface area contributed by atoms with E-state index in [0.29, 0.717) is 5.92 Å². The Morgan fingerprint density at radius 2 is 2.00 bits per heavy atom. The average Bonchev–Trinajstić information content (AvgIpc) is 2.45. The van der Waals surface area contributed by atoms with Gasteiger partial charge in [0.15, 0.2) is 0 Å². The fraction of sp³-hybridized carbons (Fsp3) is 0.727. The SMILES string of the molecule is CCCc1c(C(C)C)[nH]n(CC)c1=O. The van der Waals surface area contributed by atoms with Gasteiger partial charge >= 0.3 is 0 Å². The van der Waals surface area contributed by atoms with E-state index in [1.807, 2.05) is 6.92 Å². The van der Waals surface area contributed by atoms with Gasteiger partial charge in [-0.1, -0.05) is 27.2 Å². The molecule has 1 aromatic heterocycles. The summed E-state index contributed by atoms with van der Waals surface area (Å²) in [4.78, 5) is 11.8. The molecule has 0 spiro atoms. The maximum absolute atomic E-state index is 11.8. The summed E-state index contributed by atoms with van der Waals surface area (Å²) in [5, 5.41) is 3.19. The van der Waals surface area contributed by atoms with Gasteiger partial charge in [-0.3, -0.25) is 14.6 Å². The van der Waals surface area contributed by atoms with Crippen LogP contribution in [0, 0.1) is 0 Å². The standard InChI is InChI=1S/C11H20N2O/c1-5-7-9-10(8(3)4)12-13(6-2)11(9)14/h8,12H,5-7H2,1-4H3. The average molecular weight is 196 g/mol. The lowest BCUT2D eigenvalue weighted by molar-refractivity contribution is 0.618. The molecule has 0 radical (unpaired) electrons. The number of aromatic nitrogens is 2. The molecule has 0 saturated carbocycles. The van der Waals surface area contributed by atoms with Crippen molar-refractivity contribution in [3.05, 3.63) is 21.6 Å². The van der Waals surface area contributed by atoms with Crippen molar-refractivity contribution in [1.29, 1.82) is 0 Å². The topological polar surface area (TPSA) is 37.8 Å². The van der Waals surface area contributed by atoms with E-state index in [9.17, 15) is 4.79 Å². The Balaban J connectivity index is 3.20. The van der Waals surface area contributed by atoms with Crippen molar-refractivity contribution in [2.24, 2.45) is 0 Å². The summed E-state index contributed by atoms with van der Waals surface area (Å²) in [7, 11) is 0. The summed E-state index contributed by atoms with van der Waals surface area (Å²) in [6.07, 6.45) is 1.91. The fourth-order valence-corrected chi connectivity index (χ4v) is 1.73. The first-order chi connectivity index (χ1) is 6.61. The van der Waals surface area contributed by atoms with Gasteiger partial charge in [0, 0.05) is 17.8 Å². The summed E-state index contributed by atoms with van der Waals surface area (Å²) in [6, 6.07) is 0. The Labute approximate surface area is 85.1 Å². The van der Waals surface area contributed by atoms with Crippen molar-refractivity contribution in [2.75, 3.05) is 0 Å². The van der Waals surface area contributed by atoms with Crippen LogP contribution in [0.3, 0.4) is 0 Å². The number of aryl methyl sites for hydroxylation is 1.